The fraction of sp³-hybridized carbons (Fsp3) is 0. The van der Waals surface area contributed by atoms with Gasteiger partial charge in [-0.1, -0.05) is 30.3 Å². The predicted octanol–water partition coefficient (Wildman–Crippen LogP) is 4.58. The summed E-state index contributed by atoms with van der Waals surface area (Å²) >= 11 is 0. The van der Waals surface area contributed by atoms with Crippen LogP contribution in [0.5, 0.6) is 0 Å². The largest absolute Gasteiger partial charge is 0.456 e. The number of H-pyrrole nitrogens is 1. The number of nitrogens with one attached hydrogen (secondary N) is 1. The highest BCUT2D eigenvalue weighted by Gasteiger charge is 2.06. The number of benzene rings is 2. The molecule has 86 valence electrons. The Bertz CT molecular complexity index is 805. The summed E-state index contributed by atoms with van der Waals surface area (Å²) in [5, 5.41) is 2.36. The van der Waals surface area contributed by atoms with Gasteiger partial charge in [-0.3, -0.25) is 0 Å². The highest BCUT2D eigenvalue weighted by molar-refractivity contribution is 5.87. The zero-order valence-electron chi connectivity index (χ0n) is 9.68. The van der Waals surface area contributed by atoms with Crippen molar-refractivity contribution in [2.24, 2.45) is 0 Å². The van der Waals surface area contributed by atoms with Crippen molar-refractivity contribution < 1.29 is 4.42 Å². The zero-order chi connectivity index (χ0) is 11.9. The number of hydrogen-bond donors (Lipinski definition) is 1. The molecule has 0 amide bonds. The minimum Gasteiger partial charge on any atom is -0.456 e. The fourth-order valence-corrected chi connectivity index (χ4v) is 2.33. The van der Waals surface area contributed by atoms with Crippen molar-refractivity contribution in [1.82, 2.24) is 4.98 Å². The molecule has 0 aliphatic rings. The van der Waals surface area contributed by atoms with E-state index < -0.39 is 0 Å². The van der Waals surface area contributed by atoms with E-state index in [9.17, 15) is 0 Å². The van der Waals surface area contributed by atoms with Crippen molar-refractivity contribution >= 4 is 21.9 Å². The monoisotopic (exact) mass is 233 g/mol. The molecule has 0 fully saturated rings. The first-order valence-corrected chi connectivity index (χ1v) is 5.96. The Morgan fingerprint density at radius 3 is 2.72 bits per heavy atom. The van der Waals surface area contributed by atoms with Crippen LogP contribution < -0.4 is 0 Å². The molecule has 2 heterocycles. The number of furan rings is 1. The van der Waals surface area contributed by atoms with Crippen LogP contribution in [0.3, 0.4) is 0 Å². The molecular formula is C16H11NO. The Labute approximate surface area is 104 Å². The van der Waals surface area contributed by atoms with Gasteiger partial charge in [-0.2, -0.15) is 0 Å². The van der Waals surface area contributed by atoms with E-state index in [0.717, 1.165) is 27.8 Å². The number of hydrogen-bond acceptors (Lipinski definition) is 1. The van der Waals surface area contributed by atoms with Gasteiger partial charge in [0.1, 0.15) is 11.3 Å². The number of aromatic amines is 1. The van der Waals surface area contributed by atoms with Gasteiger partial charge in [-0.25, -0.2) is 0 Å². The van der Waals surface area contributed by atoms with Crippen LogP contribution in [0.4, 0.5) is 0 Å². The molecule has 2 aromatic heterocycles. The number of para-hydroxylation sites is 1. The van der Waals surface area contributed by atoms with E-state index in [1.54, 1.807) is 0 Å². The average molecular weight is 233 g/mol. The Morgan fingerprint density at radius 2 is 1.78 bits per heavy atom. The molecule has 1 N–H and O–H groups in total. The third-order valence-corrected chi connectivity index (χ3v) is 3.27. The first kappa shape index (κ1) is 9.54. The van der Waals surface area contributed by atoms with Crippen LogP contribution in [0.25, 0.3) is 33.2 Å². The summed E-state index contributed by atoms with van der Waals surface area (Å²) in [5.41, 5.74) is 3.16. The molecule has 0 bridgehead atoms. The van der Waals surface area contributed by atoms with Gasteiger partial charge in [0.15, 0.2) is 0 Å². The summed E-state index contributed by atoms with van der Waals surface area (Å²) in [4.78, 5) is 3.22. The minimum absolute atomic E-state index is 0.910. The predicted molar refractivity (Wildman–Crippen MR) is 73.5 cm³/mol. The van der Waals surface area contributed by atoms with E-state index in [1.807, 2.05) is 24.4 Å². The van der Waals surface area contributed by atoms with Crippen molar-refractivity contribution in [3.05, 3.63) is 60.8 Å². The summed E-state index contributed by atoms with van der Waals surface area (Å²) < 4.78 is 5.87. The average Bonchev–Trinajstić information content (AvgIpc) is 3.04. The van der Waals surface area contributed by atoms with Gasteiger partial charge in [0, 0.05) is 22.7 Å². The van der Waals surface area contributed by atoms with Gasteiger partial charge in [-0.05, 0) is 29.7 Å². The lowest BCUT2D eigenvalue weighted by Crippen LogP contribution is -1.73. The number of rotatable bonds is 1. The Kier molecular flexibility index (Phi) is 1.86. The summed E-state index contributed by atoms with van der Waals surface area (Å²) in [6.07, 6.45) is 1.95. The molecule has 0 unspecified atom stereocenters. The number of fused-ring (bicyclic) bond motifs is 2. The summed E-state index contributed by atoms with van der Waals surface area (Å²) in [5.74, 6) is 0.910. The van der Waals surface area contributed by atoms with Crippen molar-refractivity contribution in [1.29, 1.82) is 0 Å². The van der Waals surface area contributed by atoms with Gasteiger partial charge in [0.25, 0.3) is 0 Å². The topological polar surface area (TPSA) is 28.9 Å². The maximum atomic E-state index is 5.87. The second-order valence-electron chi connectivity index (χ2n) is 4.43. The molecule has 4 aromatic rings. The normalized spacial score (nSPS) is 11.3. The molecule has 0 atom stereocenters. The highest BCUT2D eigenvalue weighted by atomic mass is 16.3. The highest BCUT2D eigenvalue weighted by Crippen LogP contribution is 2.29. The summed E-state index contributed by atoms with van der Waals surface area (Å²) in [6.45, 7) is 0. The molecule has 0 radical (unpaired) electrons. The molecule has 0 saturated carbocycles. The van der Waals surface area contributed by atoms with Crippen LogP contribution in [-0.2, 0) is 0 Å². The molecule has 2 aromatic carbocycles. The maximum Gasteiger partial charge on any atom is 0.135 e. The quantitative estimate of drug-likeness (QED) is 0.512. The molecule has 0 aliphatic heterocycles. The Hall–Kier alpha value is -2.48. The minimum atomic E-state index is 0.910. The van der Waals surface area contributed by atoms with E-state index in [2.05, 4.69) is 41.4 Å². The molecule has 18 heavy (non-hydrogen) atoms. The van der Waals surface area contributed by atoms with Crippen LogP contribution in [0.1, 0.15) is 0 Å². The number of aromatic nitrogens is 1. The third-order valence-electron chi connectivity index (χ3n) is 3.27. The van der Waals surface area contributed by atoms with Crippen LogP contribution in [0, 0.1) is 0 Å². The van der Waals surface area contributed by atoms with E-state index in [1.165, 1.54) is 5.39 Å². The van der Waals surface area contributed by atoms with Gasteiger partial charge < -0.3 is 9.40 Å². The van der Waals surface area contributed by atoms with Crippen molar-refractivity contribution in [3.8, 4) is 11.3 Å². The smallest absolute Gasteiger partial charge is 0.135 e. The van der Waals surface area contributed by atoms with Crippen LogP contribution in [0.15, 0.2) is 65.2 Å². The lowest BCUT2D eigenvalue weighted by atomic mass is 10.1. The van der Waals surface area contributed by atoms with Crippen LogP contribution >= 0.6 is 0 Å². The zero-order valence-corrected chi connectivity index (χ0v) is 9.68. The Balaban J connectivity index is 1.94. The first-order chi connectivity index (χ1) is 8.90. The fourth-order valence-electron chi connectivity index (χ4n) is 2.33. The molecule has 2 heteroatoms. The lowest BCUT2D eigenvalue weighted by Gasteiger charge is -1.96. The van der Waals surface area contributed by atoms with Crippen molar-refractivity contribution in [3.63, 3.8) is 0 Å². The van der Waals surface area contributed by atoms with Gasteiger partial charge in [0.2, 0.25) is 0 Å². The third kappa shape index (κ3) is 1.36. The molecule has 0 aliphatic carbocycles. The lowest BCUT2D eigenvalue weighted by molar-refractivity contribution is 0.631. The van der Waals surface area contributed by atoms with Gasteiger partial charge >= 0.3 is 0 Å². The molecule has 0 spiro atoms. The van der Waals surface area contributed by atoms with E-state index in [0.29, 0.717) is 0 Å². The van der Waals surface area contributed by atoms with Crippen LogP contribution in [0.2, 0.25) is 0 Å². The summed E-state index contributed by atoms with van der Waals surface area (Å²) in [6, 6.07) is 18.5. The molecule has 0 saturated heterocycles. The Morgan fingerprint density at radius 1 is 0.833 bits per heavy atom. The molecular weight excluding hydrogens is 222 g/mol. The standard InChI is InChI=1S/C16H11NO/c1-2-4-15-12(3-1)10-16(18-15)13-6-5-11-7-8-17-14(11)9-13/h1-10,17H. The van der Waals surface area contributed by atoms with E-state index >= 15 is 0 Å². The van der Waals surface area contributed by atoms with Gasteiger partial charge in [0.05, 0.1) is 0 Å². The SMILES string of the molecule is c1ccc2oc(-c3ccc4cc[nH]c4c3)cc2c1. The van der Waals surface area contributed by atoms with Crippen molar-refractivity contribution in [2.75, 3.05) is 0 Å². The summed E-state index contributed by atoms with van der Waals surface area (Å²) in [7, 11) is 0. The second-order valence-corrected chi connectivity index (χ2v) is 4.43. The first-order valence-electron chi connectivity index (χ1n) is 5.96. The second kappa shape index (κ2) is 3.50. The van der Waals surface area contributed by atoms with E-state index in [4.69, 9.17) is 4.42 Å². The maximum absolute atomic E-state index is 5.87. The van der Waals surface area contributed by atoms with Crippen molar-refractivity contribution in [2.45, 2.75) is 0 Å². The van der Waals surface area contributed by atoms with Crippen LogP contribution in [-0.4, -0.2) is 4.98 Å². The van der Waals surface area contributed by atoms with Gasteiger partial charge in [-0.15, -0.1) is 0 Å². The van der Waals surface area contributed by atoms with E-state index in [-0.39, 0.29) is 0 Å². The molecule has 4 rings (SSSR count). The molecule has 2 nitrogen and oxygen atoms in total.